The third kappa shape index (κ3) is 2.88. The van der Waals surface area contributed by atoms with Gasteiger partial charge in [-0.3, -0.25) is 4.98 Å². The van der Waals surface area contributed by atoms with Crippen molar-refractivity contribution >= 4 is 0 Å². The molecule has 0 spiro atoms. The minimum absolute atomic E-state index is 0.434. The molecule has 2 aromatic heterocycles. The second-order valence-electron chi connectivity index (χ2n) is 5.02. The van der Waals surface area contributed by atoms with E-state index in [9.17, 15) is 0 Å². The summed E-state index contributed by atoms with van der Waals surface area (Å²) in [6.07, 6.45) is 3.47. The van der Waals surface area contributed by atoms with Crippen LogP contribution in [0.3, 0.4) is 0 Å². The van der Waals surface area contributed by atoms with Crippen LogP contribution in [0, 0.1) is 0 Å². The van der Waals surface area contributed by atoms with Crippen LogP contribution in [0.15, 0.2) is 18.5 Å². The highest BCUT2D eigenvalue weighted by Crippen LogP contribution is 2.29. The first-order valence-electron chi connectivity index (χ1n) is 6.21. The van der Waals surface area contributed by atoms with Crippen molar-refractivity contribution in [3.05, 3.63) is 29.8 Å². The van der Waals surface area contributed by atoms with Crippen LogP contribution in [0.4, 0.5) is 0 Å². The molecular formula is C13H19N5O2. The van der Waals surface area contributed by atoms with Crippen LogP contribution in [0.25, 0.3) is 0 Å². The maximum atomic E-state index is 5.99. The van der Waals surface area contributed by atoms with Crippen LogP contribution >= 0.6 is 0 Å². The molecule has 7 nitrogen and oxygen atoms in total. The van der Waals surface area contributed by atoms with E-state index in [4.69, 9.17) is 15.2 Å². The van der Waals surface area contributed by atoms with Crippen molar-refractivity contribution in [2.24, 2.45) is 5.73 Å². The van der Waals surface area contributed by atoms with Gasteiger partial charge in [-0.25, -0.2) is 4.68 Å². The fraction of sp³-hybridized carbons (Fsp3) is 0.462. The van der Waals surface area contributed by atoms with Gasteiger partial charge in [0.15, 0.2) is 11.5 Å². The lowest BCUT2D eigenvalue weighted by Crippen LogP contribution is -2.29. The number of nitrogens with zero attached hydrogens (tertiary/aromatic N) is 4. The van der Waals surface area contributed by atoms with Gasteiger partial charge in [-0.15, -0.1) is 5.10 Å². The predicted octanol–water partition coefficient (Wildman–Crippen LogP) is 0.932. The lowest BCUT2D eigenvalue weighted by atomic mass is 10.0. The van der Waals surface area contributed by atoms with Gasteiger partial charge in [0, 0.05) is 12.3 Å². The summed E-state index contributed by atoms with van der Waals surface area (Å²) in [5.74, 6) is 1.23. The van der Waals surface area contributed by atoms with E-state index in [-0.39, 0.29) is 0 Å². The van der Waals surface area contributed by atoms with E-state index in [2.05, 4.69) is 15.3 Å². The van der Waals surface area contributed by atoms with Crippen molar-refractivity contribution in [2.75, 3.05) is 14.2 Å². The van der Waals surface area contributed by atoms with Crippen molar-refractivity contribution in [3.8, 4) is 11.5 Å². The molecule has 0 aliphatic heterocycles. The smallest absolute Gasteiger partial charge is 0.184 e. The van der Waals surface area contributed by atoms with Gasteiger partial charge in [-0.2, -0.15) is 0 Å². The zero-order valence-corrected chi connectivity index (χ0v) is 12.1. The van der Waals surface area contributed by atoms with Crippen LogP contribution in [-0.2, 0) is 12.1 Å². The lowest BCUT2D eigenvalue weighted by molar-refractivity contribution is 0.348. The molecule has 20 heavy (non-hydrogen) atoms. The van der Waals surface area contributed by atoms with Gasteiger partial charge in [0.05, 0.1) is 32.5 Å². The molecule has 7 heteroatoms. The van der Waals surface area contributed by atoms with Crippen molar-refractivity contribution < 1.29 is 9.47 Å². The highest BCUT2D eigenvalue weighted by atomic mass is 16.5. The Balaban J connectivity index is 2.28. The van der Waals surface area contributed by atoms with Gasteiger partial charge in [-0.05, 0) is 13.8 Å². The van der Waals surface area contributed by atoms with Crippen molar-refractivity contribution in [1.82, 2.24) is 20.0 Å². The third-order valence-electron chi connectivity index (χ3n) is 2.88. The van der Waals surface area contributed by atoms with E-state index in [0.717, 1.165) is 11.4 Å². The molecule has 0 aliphatic carbocycles. The van der Waals surface area contributed by atoms with E-state index >= 15 is 0 Å². The van der Waals surface area contributed by atoms with E-state index in [0.29, 0.717) is 18.0 Å². The first kappa shape index (κ1) is 14.3. The van der Waals surface area contributed by atoms with Gasteiger partial charge >= 0.3 is 0 Å². The quantitative estimate of drug-likeness (QED) is 0.874. The van der Waals surface area contributed by atoms with Gasteiger partial charge in [-0.1, -0.05) is 5.21 Å². The van der Waals surface area contributed by atoms with Crippen LogP contribution < -0.4 is 15.2 Å². The summed E-state index contributed by atoms with van der Waals surface area (Å²) in [5.41, 5.74) is 6.91. The third-order valence-corrected chi connectivity index (χ3v) is 2.88. The fourth-order valence-electron chi connectivity index (χ4n) is 1.79. The molecule has 0 amide bonds. The topological polar surface area (TPSA) is 88.1 Å². The largest absolute Gasteiger partial charge is 0.493 e. The minimum Gasteiger partial charge on any atom is -0.493 e. The maximum Gasteiger partial charge on any atom is 0.184 e. The number of aromatic nitrogens is 4. The van der Waals surface area contributed by atoms with Crippen molar-refractivity contribution in [1.29, 1.82) is 0 Å². The first-order chi connectivity index (χ1) is 9.45. The monoisotopic (exact) mass is 277 g/mol. The number of pyridine rings is 1. The number of hydrogen-bond acceptors (Lipinski definition) is 6. The highest BCUT2D eigenvalue weighted by Gasteiger charge is 2.19. The summed E-state index contributed by atoms with van der Waals surface area (Å²) >= 11 is 0. The van der Waals surface area contributed by atoms with Crippen molar-refractivity contribution in [2.45, 2.75) is 25.9 Å². The average molecular weight is 277 g/mol. The van der Waals surface area contributed by atoms with Crippen LogP contribution in [-0.4, -0.2) is 34.2 Å². The average Bonchev–Trinajstić information content (AvgIpc) is 2.87. The molecule has 2 rings (SSSR count). The normalized spacial score (nSPS) is 11.4. The van der Waals surface area contributed by atoms with Crippen LogP contribution in [0.2, 0.25) is 0 Å². The summed E-state index contributed by atoms with van der Waals surface area (Å²) in [5, 5.41) is 8.13. The number of methoxy groups -OCH3 is 2. The molecule has 108 valence electrons. The molecule has 0 saturated heterocycles. The van der Waals surface area contributed by atoms with E-state index in [1.54, 1.807) is 37.4 Å². The second-order valence-corrected chi connectivity index (χ2v) is 5.02. The lowest BCUT2D eigenvalue weighted by Gasteiger charge is -2.13. The molecule has 0 unspecified atom stereocenters. The Hall–Kier alpha value is -2.15. The van der Waals surface area contributed by atoms with E-state index in [1.165, 1.54) is 0 Å². The highest BCUT2D eigenvalue weighted by molar-refractivity contribution is 5.42. The van der Waals surface area contributed by atoms with Crippen LogP contribution in [0.1, 0.15) is 25.2 Å². The Morgan fingerprint density at radius 2 is 2.05 bits per heavy atom. The number of nitrogens with two attached hydrogens (primary N) is 1. The Bertz CT molecular complexity index is 589. The summed E-state index contributed by atoms with van der Waals surface area (Å²) < 4.78 is 12.3. The van der Waals surface area contributed by atoms with Gasteiger partial charge in [0.1, 0.15) is 11.4 Å². The van der Waals surface area contributed by atoms with Crippen molar-refractivity contribution in [3.63, 3.8) is 0 Å². The SMILES string of the molecule is COc1ccnc(Cn2cc(C(C)(C)N)nn2)c1OC. The molecule has 2 N–H and O–H groups in total. The van der Waals surface area contributed by atoms with Gasteiger partial charge < -0.3 is 15.2 Å². The maximum absolute atomic E-state index is 5.99. The standard InChI is InChI=1S/C13H19N5O2/c1-13(2,14)11-8-18(17-16-11)7-9-12(20-4)10(19-3)5-6-15-9/h5-6,8H,7,14H2,1-4H3. The van der Waals surface area contributed by atoms with E-state index in [1.807, 2.05) is 13.8 Å². The minimum atomic E-state index is -0.524. The molecule has 0 aliphatic rings. The van der Waals surface area contributed by atoms with Crippen LogP contribution in [0.5, 0.6) is 11.5 Å². The summed E-state index contributed by atoms with van der Waals surface area (Å²) in [6.45, 7) is 4.20. The van der Waals surface area contributed by atoms with Gasteiger partial charge in [0.25, 0.3) is 0 Å². The molecule has 0 atom stereocenters. The first-order valence-corrected chi connectivity index (χ1v) is 6.21. The number of hydrogen-bond donors (Lipinski definition) is 1. The van der Waals surface area contributed by atoms with Gasteiger partial charge in [0.2, 0.25) is 0 Å². The molecule has 0 aromatic carbocycles. The van der Waals surface area contributed by atoms with E-state index < -0.39 is 5.54 Å². The summed E-state index contributed by atoms with van der Waals surface area (Å²) in [7, 11) is 3.17. The Labute approximate surface area is 117 Å². The molecule has 2 aromatic rings. The summed E-state index contributed by atoms with van der Waals surface area (Å²) in [6, 6.07) is 1.75. The zero-order valence-electron chi connectivity index (χ0n) is 12.1. The Kier molecular flexibility index (Phi) is 3.89. The second kappa shape index (κ2) is 5.46. The Morgan fingerprint density at radius 3 is 2.60 bits per heavy atom. The zero-order chi connectivity index (χ0) is 14.8. The molecule has 0 bridgehead atoms. The number of rotatable bonds is 5. The predicted molar refractivity (Wildman–Crippen MR) is 73.7 cm³/mol. The molecular weight excluding hydrogens is 258 g/mol. The Morgan fingerprint density at radius 1 is 1.30 bits per heavy atom. The molecule has 0 saturated carbocycles. The summed E-state index contributed by atoms with van der Waals surface area (Å²) in [4.78, 5) is 4.30. The molecule has 0 radical (unpaired) electrons. The molecule has 2 heterocycles. The number of ether oxygens (including phenoxy) is 2. The fourth-order valence-corrected chi connectivity index (χ4v) is 1.79. The molecule has 0 fully saturated rings.